The van der Waals surface area contributed by atoms with E-state index in [2.05, 4.69) is 10.6 Å². The third-order valence-electron chi connectivity index (χ3n) is 3.94. The van der Waals surface area contributed by atoms with Crippen molar-refractivity contribution in [3.63, 3.8) is 0 Å². The minimum absolute atomic E-state index is 0.0435. The highest BCUT2D eigenvalue weighted by Crippen LogP contribution is 2.14. The number of carbonyl (C=O) groups is 3. The summed E-state index contributed by atoms with van der Waals surface area (Å²) in [5.41, 5.74) is 1.10. The molecule has 0 atom stereocenters. The number of nitrogens with zero attached hydrogens (tertiary/aromatic N) is 1. The fourth-order valence-corrected chi connectivity index (χ4v) is 2.88. The number of benzene rings is 1. The summed E-state index contributed by atoms with van der Waals surface area (Å²) in [6.07, 6.45) is 1.81. The van der Waals surface area contributed by atoms with E-state index in [1.807, 2.05) is 0 Å². The molecule has 1 aliphatic heterocycles. The highest BCUT2D eigenvalue weighted by atomic mass is 35.5. The van der Waals surface area contributed by atoms with Crippen molar-refractivity contribution in [2.24, 2.45) is 0 Å². The van der Waals surface area contributed by atoms with Crippen LogP contribution in [0.5, 0.6) is 0 Å². The van der Waals surface area contributed by atoms with Gasteiger partial charge in [-0.2, -0.15) is 0 Å². The molecule has 6 nitrogen and oxygen atoms in total. The summed E-state index contributed by atoms with van der Waals surface area (Å²) in [7, 11) is 0. The van der Waals surface area contributed by atoms with Gasteiger partial charge in [0, 0.05) is 49.6 Å². The van der Waals surface area contributed by atoms with Crippen LogP contribution < -0.4 is 10.6 Å². The van der Waals surface area contributed by atoms with Gasteiger partial charge in [-0.3, -0.25) is 14.4 Å². The molecule has 7 heteroatoms. The number of alkyl halides is 1. The molecule has 0 unspecified atom stereocenters. The van der Waals surface area contributed by atoms with Gasteiger partial charge in [-0.15, -0.1) is 11.6 Å². The van der Waals surface area contributed by atoms with E-state index in [1.54, 1.807) is 29.2 Å². The summed E-state index contributed by atoms with van der Waals surface area (Å²) in [6.45, 7) is 2.69. The normalized spacial score (nSPS) is 15.0. The molecule has 1 heterocycles. The fourth-order valence-electron chi connectivity index (χ4n) is 2.72. The summed E-state index contributed by atoms with van der Waals surface area (Å²) in [4.78, 5) is 37.0. The third-order valence-corrected chi connectivity index (χ3v) is 4.13. The van der Waals surface area contributed by atoms with Crippen molar-refractivity contribution >= 4 is 35.0 Å². The molecule has 0 aromatic heterocycles. The number of anilines is 1. The lowest BCUT2D eigenvalue weighted by Crippen LogP contribution is -2.46. The Hall–Kier alpha value is -2.08. The minimum Gasteiger partial charge on any atom is -0.349 e. The second-order valence-corrected chi connectivity index (χ2v) is 6.21. The first kappa shape index (κ1) is 18.3. The van der Waals surface area contributed by atoms with Gasteiger partial charge in [0.1, 0.15) is 0 Å². The molecule has 1 saturated heterocycles. The van der Waals surface area contributed by atoms with Crippen LogP contribution in [0.4, 0.5) is 5.69 Å². The monoisotopic (exact) mass is 351 g/mol. The Morgan fingerprint density at radius 3 is 2.58 bits per heavy atom. The average Bonchev–Trinajstić information content (AvgIpc) is 2.55. The maximum atomic E-state index is 12.3. The number of likely N-dealkylation sites (tertiary alicyclic amines) is 1. The summed E-state index contributed by atoms with van der Waals surface area (Å²) in [6, 6.07) is 6.87. The molecule has 0 radical (unpaired) electrons. The Bertz CT molecular complexity index is 613. The third kappa shape index (κ3) is 5.23. The van der Waals surface area contributed by atoms with E-state index in [4.69, 9.17) is 11.6 Å². The van der Waals surface area contributed by atoms with E-state index in [0.29, 0.717) is 36.6 Å². The molecule has 0 saturated carbocycles. The van der Waals surface area contributed by atoms with E-state index in [9.17, 15) is 14.4 Å². The number of nitrogens with one attached hydrogen (secondary N) is 2. The first-order valence-corrected chi connectivity index (χ1v) is 8.55. The van der Waals surface area contributed by atoms with Gasteiger partial charge in [-0.1, -0.05) is 6.07 Å². The van der Waals surface area contributed by atoms with Crippen LogP contribution in [0.3, 0.4) is 0 Å². The molecule has 0 spiro atoms. The molecular weight excluding hydrogens is 330 g/mol. The number of hydrogen-bond acceptors (Lipinski definition) is 3. The minimum atomic E-state index is -0.179. The zero-order valence-electron chi connectivity index (χ0n) is 13.7. The summed E-state index contributed by atoms with van der Waals surface area (Å²) < 4.78 is 0. The Kier molecular flexibility index (Phi) is 6.61. The molecule has 2 rings (SSSR count). The zero-order chi connectivity index (χ0) is 17.5. The Morgan fingerprint density at radius 2 is 1.96 bits per heavy atom. The second-order valence-electron chi connectivity index (χ2n) is 5.83. The molecule has 1 aliphatic rings. The molecule has 1 aromatic rings. The van der Waals surface area contributed by atoms with Crippen molar-refractivity contribution in [2.45, 2.75) is 32.2 Å². The summed E-state index contributed by atoms with van der Waals surface area (Å²) >= 11 is 5.59. The van der Waals surface area contributed by atoms with Crippen LogP contribution in [-0.4, -0.2) is 47.6 Å². The Morgan fingerprint density at radius 1 is 1.25 bits per heavy atom. The van der Waals surface area contributed by atoms with Gasteiger partial charge < -0.3 is 15.5 Å². The van der Waals surface area contributed by atoms with Gasteiger partial charge in [-0.25, -0.2) is 0 Å². The van der Waals surface area contributed by atoms with Crippen LogP contribution in [0.1, 0.15) is 36.5 Å². The van der Waals surface area contributed by atoms with Crippen molar-refractivity contribution in [3.8, 4) is 0 Å². The molecule has 130 valence electrons. The van der Waals surface area contributed by atoms with E-state index >= 15 is 0 Å². The predicted octanol–water partition coefficient (Wildman–Crippen LogP) is 1.99. The topological polar surface area (TPSA) is 78.5 Å². The maximum Gasteiger partial charge on any atom is 0.251 e. The van der Waals surface area contributed by atoms with E-state index in [1.165, 1.54) is 6.92 Å². The SMILES string of the molecule is CC(=O)Nc1cccc(C(=O)NC2CCN(C(=O)CCCl)CC2)c1. The number of amides is 3. The fraction of sp³-hybridized carbons (Fsp3) is 0.471. The predicted molar refractivity (Wildman–Crippen MR) is 93.2 cm³/mol. The largest absolute Gasteiger partial charge is 0.349 e. The summed E-state index contributed by atoms with van der Waals surface area (Å²) in [5.74, 6) is 0.0483. The van der Waals surface area contributed by atoms with Crippen molar-refractivity contribution in [1.29, 1.82) is 0 Å². The van der Waals surface area contributed by atoms with Crippen LogP contribution >= 0.6 is 11.6 Å². The average molecular weight is 352 g/mol. The van der Waals surface area contributed by atoms with Crippen LogP contribution in [0.25, 0.3) is 0 Å². The van der Waals surface area contributed by atoms with Crippen LogP contribution in [0, 0.1) is 0 Å². The molecule has 24 heavy (non-hydrogen) atoms. The van der Waals surface area contributed by atoms with Gasteiger partial charge in [0.15, 0.2) is 0 Å². The Labute approximate surface area is 146 Å². The van der Waals surface area contributed by atoms with Crippen LogP contribution in [0.15, 0.2) is 24.3 Å². The van der Waals surface area contributed by atoms with Crippen LogP contribution in [-0.2, 0) is 9.59 Å². The summed E-state index contributed by atoms with van der Waals surface area (Å²) in [5, 5.41) is 5.65. The number of rotatable bonds is 5. The maximum absolute atomic E-state index is 12.3. The smallest absolute Gasteiger partial charge is 0.251 e. The van der Waals surface area contributed by atoms with Gasteiger partial charge in [0.05, 0.1) is 0 Å². The van der Waals surface area contributed by atoms with E-state index < -0.39 is 0 Å². The van der Waals surface area contributed by atoms with Gasteiger partial charge in [-0.05, 0) is 31.0 Å². The zero-order valence-corrected chi connectivity index (χ0v) is 14.4. The number of hydrogen-bond donors (Lipinski definition) is 2. The highest BCUT2D eigenvalue weighted by molar-refractivity contribution is 6.18. The molecule has 3 amide bonds. The quantitative estimate of drug-likeness (QED) is 0.796. The molecule has 1 fully saturated rings. The standard InChI is InChI=1S/C17H22ClN3O3/c1-12(22)19-15-4-2-3-13(11-15)17(24)20-14-6-9-21(10-7-14)16(23)5-8-18/h2-4,11,14H,5-10H2,1H3,(H,19,22)(H,20,24). The van der Waals surface area contributed by atoms with Gasteiger partial charge in [0.25, 0.3) is 5.91 Å². The molecule has 2 N–H and O–H groups in total. The molecule has 0 aliphatic carbocycles. The van der Waals surface area contributed by atoms with Crippen molar-refractivity contribution in [3.05, 3.63) is 29.8 Å². The van der Waals surface area contributed by atoms with Crippen molar-refractivity contribution in [2.75, 3.05) is 24.3 Å². The molecule has 0 bridgehead atoms. The van der Waals surface area contributed by atoms with E-state index in [-0.39, 0.29) is 23.8 Å². The molecular formula is C17H22ClN3O3. The number of halogens is 1. The second kappa shape index (κ2) is 8.68. The van der Waals surface area contributed by atoms with Gasteiger partial charge in [0.2, 0.25) is 11.8 Å². The molecule has 1 aromatic carbocycles. The first-order valence-electron chi connectivity index (χ1n) is 8.02. The lowest BCUT2D eigenvalue weighted by Gasteiger charge is -2.32. The lowest BCUT2D eigenvalue weighted by molar-refractivity contribution is -0.131. The van der Waals surface area contributed by atoms with E-state index in [0.717, 1.165) is 12.8 Å². The first-order chi connectivity index (χ1) is 11.5. The highest BCUT2D eigenvalue weighted by Gasteiger charge is 2.23. The van der Waals surface area contributed by atoms with Crippen molar-refractivity contribution < 1.29 is 14.4 Å². The van der Waals surface area contributed by atoms with Crippen molar-refractivity contribution in [1.82, 2.24) is 10.2 Å². The Balaban J connectivity index is 1.87. The van der Waals surface area contributed by atoms with Crippen LogP contribution in [0.2, 0.25) is 0 Å². The number of carbonyl (C=O) groups excluding carboxylic acids is 3. The lowest BCUT2D eigenvalue weighted by atomic mass is 10.0. The number of piperidine rings is 1. The van der Waals surface area contributed by atoms with Gasteiger partial charge >= 0.3 is 0 Å².